The number of hydrogen-bond donors (Lipinski definition) is 2. The highest BCUT2D eigenvalue weighted by Crippen LogP contribution is 2.39. The van der Waals surface area contributed by atoms with Crippen LogP contribution < -0.4 is 5.32 Å². The number of aromatic carboxylic acids is 1. The van der Waals surface area contributed by atoms with Gasteiger partial charge >= 0.3 is 5.97 Å². The normalized spacial score (nSPS) is 20.6. The van der Waals surface area contributed by atoms with Gasteiger partial charge in [-0.25, -0.2) is 9.78 Å². The van der Waals surface area contributed by atoms with Crippen LogP contribution in [0.3, 0.4) is 0 Å². The number of fused-ring (bicyclic) bond motifs is 1. The molecule has 1 aliphatic rings. The number of nitrogens with zero attached hydrogens (tertiary/aromatic N) is 1. The van der Waals surface area contributed by atoms with Crippen molar-refractivity contribution >= 4 is 22.6 Å². The predicted molar refractivity (Wildman–Crippen MR) is 83.7 cm³/mol. The number of nitrogens with one attached hydrogen (secondary N) is 1. The van der Waals surface area contributed by atoms with Gasteiger partial charge in [-0.05, 0) is 18.3 Å². The van der Waals surface area contributed by atoms with Crippen molar-refractivity contribution in [2.45, 2.75) is 39.2 Å². The molecule has 2 aromatic rings. The first-order valence-corrected chi connectivity index (χ1v) is 7.36. The molecule has 1 atom stereocenters. The molecule has 0 radical (unpaired) electrons. The van der Waals surface area contributed by atoms with Gasteiger partial charge in [-0.3, -0.25) is 0 Å². The van der Waals surface area contributed by atoms with Crippen molar-refractivity contribution in [3.63, 3.8) is 0 Å². The number of pyridine rings is 1. The third-order valence-corrected chi connectivity index (χ3v) is 4.59. The fourth-order valence-corrected chi connectivity index (χ4v) is 3.24. The molecule has 4 heteroatoms. The summed E-state index contributed by atoms with van der Waals surface area (Å²) in [6, 6.07) is 7.92. The van der Waals surface area contributed by atoms with E-state index in [0.29, 0.717) is 6.04 Å². The van der Waals surface area contributed by atoms with Gasteiger partial charge in [-0.2, -0.15) is 0 Å². The first-order chi connectivity index (χ1) is 9.99. The van der Waals surface area contributed by atoms with E-state index in [4.69, 9.17) is 0 Å². The zero-order valence-electron chi connectivity index (χ0n) is 12.4. The molecule has 1 saturated carbocycles. The lowest BCUT2D eigenvalue weighted by atomic mass is 9.87. The Labute approximate surface area is 124 Å². The number of benzene rings is 1. The lowest BCUT2D eigenvalue weighted by Crippen LogP contribution is -2.31. The molecule has 0 amide bonds. The average Bonchev–Trinajstić information content (AvgIpc) is 2.78. The Kier molecular flexibility index (Phi) is 3.32. The SMILES string of the molecule is CC1(C)CCCC1Nc1ncc(C(=O)O)c2ccccc12. The molecule has 1 aromatic carbocycles. The average molecular weight is 284 g/mol. The maximum atomic E-state index is 11.3. The first-order valence-electron chi connectivity index (χ1n) is 7.36. The minimum Gasteiger partial charge on any atom is -0.478 e. The van der Waals surface area contributed by atoms with Crippen LogP contribution in [0.5, 0.6) is 0 Å². The molecule has 4 nitrogen and oxygen atoms in total. The van der Waals surface area contributed by atoms with Gasteiger partial charge in [0.15, 0.2) is 0 Å². The lowest BCUT2D eigenvalue weighted by Gasteiger charge is -2.28. The van der Waals surface area contributed by atoms with E-state index in [1.54, 1.807) is 0 Å². The maximum absolute atomic E-state index is 11.3. The van der Waals surface area contributed by atoms with Gasteiger partial charge in [-0.15, -0.1) is 0 Å². The molecule has 0 saturated heterocycles. The Morgan fingerprint density at radius 2 is 2.05 bits per heavy atom. The number of carboxylic acids is 1. The monoisotopic (exact) mass is 284 g/mol. The maximum Gasteiger partial charge on any atom is 0.337 e. The molecular formula is C17H20N2O2. The molecule has 1 unspecified atom stereocenters. The first kappa shape index (κ1) is 13.9. The third-order valence-electron chi connectivity index (χ3n) is 4.59. The third kappa shape index (κ3) is 2.46. The van der Waals surface area contributed by atoms with Crippen LogP contribution >= 0.6 is 0 Å². The van der Waals surface area contributed by atoms with Gasteiger partial charge in [0.1, 0.15) is 5.82 Å². The summed E-state index contributed by atoms with van der Waals surface area (Å²) in [6.07, 6.45) is 5.00. The number of rotatable bonds is 3. The van der Waals surface area contributed by atoms with Crippen molar-refractivity contribution in [3.8, 4) is 0 Å². The number of aromatic nitrogens is 1. The second-order valence-corrected chi connectivity index (χ2v) is 6.45. The smallest absolute Gasteiger partial charge is 0.337 e. The Balaban J connectivity index is 2.04. The summed E-state index contributed by atoms with van der Waals surface area (Å²) >= 11 is 0. The van der Waals surface area contributed by atoms with Crippen LogP contribution in [0, 0.1) is 5.41 Å². The minimum absolute atomic E-state index is 0.244. The van der Waals surface area contributed by atoms with Crippen LogP contribution in [0.2, 0.25) is 0 Å². The van der Waals surface area contributed by atoms with Gasteiger partial charge in [0.2, 0.25) is 0 Å². The second kappa shape index (κ2) is 5.02. The summed E-state index contributed by atoms with van der Waals surface area (Å²) < 4.78 is 0. The van der Waals surface area contributed by atoms with Crippen LogP contribution in [0.4, 0.5) is 5.82 Å². The number of carboxylic acid groups (broad SMARTS) is 1. The van der Waals surface area contributed by atoms with E-state index < -0.39 is 5.97 Å². The van der Waals surface area contributed by atoms with E-state index >= 15 is 0 Å². The van der Waals surface area contributed by atoms with E-state index in [-0.39, 0.29) is 11.0 Å². The molecule has 21 heavy (non-hydrogen) atoms. The van der Waals surface area contributed by atoms with Crippen LogP contribution in [0.1, 0.15) is 43.5 Å². The fraction of sp³-hybridized carbons (Fsp3) is 0.412. The molecule has 0 bridgehead atoms. The summed E-state index contributed by atoms with van der Waals surface area (Å²) in [5.41, 5.74) is 0.496. The van der Waals surface area contributed by atoms with Gasteiger partial charge < -0.3 is 10.4 Å². The fourth-order valence-electron chi connectivity index (χ4n) is 3.24. The Morgan fingerprint density at radius 3 is 2.67 bits per heavy atom. The van der Waals surface area contributed by atoms with Gasteiger partial charge in [0, 0.05) is 23.0 Å². The quantitative estimate of drug-likeness (QED) is 0.896. The molecule has 2 N–H and O–H groups in total. The highest BCUT2D eigenvalue weighted by atomic mass is 16.4. The van der Waals surface area contributed by atoms with E-state index in [1.165, 1.54) is 19.0 Å². The predicted octanol–water partition coefficient (Wildman–Crippen LogP) is 3.92. The molecule has 1 aromatic heterocycles. The Bertz CT molecular complexity index is 694. The van der Waals surface area contributed by atoms with Crippen molar-refractivity contribution in [2.24, 2.45) is 5.41 Å². The van der Waals surface area contributed by atoms with Crippen molar-refractivity contribution in [3.05, 3.63) is 36.0 Å². The molecule has 0 aliphatic heterocycles. The van der Waals surface area contributed by atoms with Crippen molar-refractivity contribution < 1.29 is 9.90 Å². The van der Waals surface area contributed by atoms with Crippen LogP contribution in [0.25, 0.3) is 10.8 Å². The van der Waals surface area contributed by atoms with Gasteiger partial charge in [-0.1, -0.05) is 44.5 Å². The molecule has 3 rings (SSSR count). The number of hydrogen-bond acceptors (Lipinski definition) is 3. The summed E-state index contributed by atoms with van der Waals surface area (Å²) in [5.74, 6) is -0.151. The summed E-state index contributed by atoms with van der Waals surface area (Å²) in [6.45, 7) is 4.54. The second-order valence-electron chi connectivity index (χ2n) is 6.45. The zero-order valence-corrected chi connectivity index (χ0v) is 12.4. The molecule has 1 fully saturated rings. The number of carbonyl (C=O) groups is 1. The molecule has 110 valence electrons. The molecule has 1 heterocycles. The topological polar surface area (TPSA) is 62.2 Å². The van der Waals surface area contributed by atoms with Crippen molar-refractivity contribution in [1.82, 2.24) is 4.98 Å². The van der Waals surface area contributed by atoms with Gasteiger partial charge in [0.05, 0.1) is 5.56 Å². The highest BCUT2D eigenvalue weighted by Gasteiger charge is 2.34. The number of anilines is 1. The van der Waals surface area contributed by atoms with Crippen LogP contribution in [-0.2, 0) is 0 Å². The standard InChI is InChI=1S/C17H20N2O2/c1-17(2)9-5-8-14(17)19-15-12-7-4-3-6-11(12)13(10-18-15)16(20)21/h3-4,6-7,10,14H,5,8-9H2,1-2H3,(H,18,19)(H,20,21). The van der Waals surface area contributed by atoms with E-state index in [2.05, 4.69) is 24.1 Å². The zero-order chi connectivity index (χ0) is 15.0. The summed E-state index contributed by atoms with van der Waals surface area (Å²) in [7, 11) is 0. The molecule has 0 spiro atoms. The minimum atomic E-state index is -0.938. The van der Waals surface area contributed by atoms with Gasteiger partial charge in [0.25, 0.3) is 0 Å². The highest BCUT2D eigenvalue weighted by molar-refractivity contribution is 6.06. The lowest BCUT2D eigenvalue weighted by molar-refractivity contribution is 0.0698. The Hall–Kier alpha value is -2.10. The van der Waals surface area contributed by atoms with E-state index in [1.807, 2.05) is 24.3 Å². The molecule has 1 aliphatic carbocycles. The van der Waals surface area contributed by atoms with E-state index in [0.717, 1.165) is 23.0 Å². The van der Waals surface area contributed by atoms with E-state index in [9.17, 15) is 9.90 Å². The van der Waals surface area contributed by atoms with Crippen molar-refractivity contribution in [1.29, 1.82) is 0 Å². The summed E-state index contributed by atoms with van der Waals surface area (Å²) in [5, 5.41) is 14.4. The Morgan fingerprint density at radius 1 is 1.33 bits per heavy atom. The van der Waals surface area contributed by atoms with Crippen molar-refractivity contribution in [2.75, 3.05) is 5.32 Å². The van der Waals surface area contributed by atoms with Crippen LogP contribution in [-0.4, -0.2) is 22.1 Å². The molecular weight excluding hydrogens is 264 g/mol. The largest absolute Gasteiger partial charge is 0.478 e. The van der Waals surface area contributed by atoms with Crippen LogP contribution in [0.15, 0.2) is 30.5 Å². The summed E-state index contributed by atoms with van der Waals surface area (Å²) in [4.78, 5) is 15.7.